The number of nitrogens with zero attached hydrogens (tertiary/aromatic N) is 1. The van der Waals surface area contributed by atoms with Crippen LogP contribution in [0, 0.1) is 12.7 Å². The average molecular weight is 375 g/mol. The Hall–Kier alpha value is -3.01. The Kier molecular flexibility index (Phi) is 5.65. The first kappa shape index (κ1) is 18.8. The molecule has 0 unspecified atom stereocenters. The Morgan fingerprint density at radius 2 is 2.11 bits per heavy atom. The lowest BCUT2D eigenvalue weighted by molar-refractivity contribution is -0.0625. The standard InChI is InChI=1S/C18H18FN3O5/c1-10-2-3-14(13(19)6-10)21-16-12-7-20-5-4-15(12)26-17(16)18(25)22-27-11(8-23)9-24/h2-7,11,21,23-24H,8-9H2,1H3,(H,22,25). The van der Waals surface area contributed by atoms with Crippen molar-refractivity contribution >= 4 is 28.3 Å². The summed E-state index contributed by atoms with van der Waals surface area (Å²) in [6.07, 6.45) is 1.99. The van der Waals surface area contributed by atoms with Crippen LogP contribution in [0.1, 0.15) is 16.1 Å². The van der Waals surface area contributed by atoms with E-state index < -0.39 is 31.0 Å². The number of hydrogen-bond donors (Lipinski definition) is 4. The molecule has 3 rings (SSSR count). The molecule has 2 aromatic heterocycles. The summed E-state index contributed by atoms with van der Waals surface area (Å²) in [6, 6.07) is 6.19. The van der Waals surface area contributed by atoms with Gasteiger partial charge in [-0.3, -0.25) is 14.6 Å². The van der Waals surface area contributed by atoms with Gasteiger partial charge >= 0.3 is 5.91 Å². The summed E-state index contributed by atoms with van der Waals surface area (Å²) in [6.45, 7) is 0.792. The molecule has 9 heteroatoms. The smallest absolute Gasteiger partial charge is 0.312 e. The molecule has 142 valence electrons. The van der Waals surface area contributed by atoms with Crippen LogP contribution in [0.5, 0.6) is 0 Å². The maximum absolute atomic E-state index is 14.2. The van der Waals surface area contributed by atoms with Gasteiger partial charge < -0.3 is 19.9 Å². The number of aliphatic hydroxyl groups is 2. The Bertz CT molecular complexity index is 955. The predicted molar refractivity (Wildman–Crippen MR) is 94.9 cm³/mol. The van der Waals surface area contributed by atoms with Crippen LogP contribution in [-0.4, -0.2) is 40.4 Å². The Balaban J connectivity index is 1.95. The van der Waals surface area contributed by atoms with Gasteiger partial charge in [-0.05, 0) is 30.7 Å². The summed E-state index contributed by atoms with van der Waals surface area (Å²) in [7, 11) is 0. The number of aromatic nitrogens is 1. The maximum atomic E-state index is 14.2. The molecule has 3 aromatic rings. The van der Waals surface area contributed by atoms with Gasteiger partial charge in [0.1, 0.15) is 23.2 Å². The van der Waals surface area contributed by atoms with Crippen LogP contribution in [-0.2, 0) is 4.84 Å². The summed E-state index contributed by atoms with van der Waals surface area (Å²) >= 11 is 0. The molecule has 0 saturated carbocycles. The van der Waals surface area contributed by atoms with E-state index in [1.807, 2.05) is 0 Å². The lowest BCUT2D eigenvalue weighted by Gasteiger charge is -2.13. The first-order valence-corrected chi connectivity index (χ1v) is 8.11. The molecule has 27 heavy (non-hydrogen) atoms. The minimum atomic E-state index is -0.981. The number of aryl methyl sites for hydroxylation is 1. The van der Waals surface area contributed by atoms with E-state index in [0.717, 1.165) is 5.56 Å². The number of nitrogens with one attached hydrogen (secondary N) is 2. The Morgan fingerprint density at radius 3 is 2.81 bits per heavy atom. The molecule has 8 nitrogen and oxygen atoms in total. The van der Waals surface area contributed by atoms with Gasteiger partial charge in [0.05, 0.1) is 24.3 Å². The minimum absolute atomic E-state index is 0.158. The van der Waals surface area contributed by atoms with E-state index in [4.69, 9.17) is 19.5 Å². The van der Waals surface area contributed by atoms with E-state index in [1.54, 1.807) is 25.1 Å². The number of amides is 1. The number of halogens is 1. The third kappa shape index (κ3) is 4.05. The first-order valence-electron chi connectivity index (χ1n) is 8.11. The van der Waals surface area contributed by atoms with E-state index in [0.29, 0.717) is 11.0 Å². The van der Waals surface area contributed by atoms with Crippen molar-refractivity contribution in [1.29, 1.82) is 0 Å². The minimum Gasteiger partial charge on any atom is -0.448 e. The molecule has 0 saturated heterocycles. The quantitative estimate of drug-likeness (QED) is 0.467. The largest absolute Gasteiger partial charge is 0.448 e. The highest BCUT2D eigenvalue weighted by Gasteiger charge is 2.23. The van der Waals surface area contributed by atoms with Crippen LogP contribution in [0.25, 0.3) is 11.0 Å². The zero-order chi connectivity index (χ0) is 19.4. The number of carbonyl (C=O) groups excluding carboxylic acids is 1. The normalized spacial score (nSPS) is 11.1. The number of anilines is 2. The molecule has 0 spiro atoms. The van der Waals surface area contributed by atoms with E-state index in [2.05, 4.69) is 15.8 Å². The summed E-state index contributed by atoms with van der Waals surface area (Å²) in [5.41, 5.74) is 3.60. The highest BCUT2D eigenvalue weighted by Crippen LogP contribution is 2.33. The van der Waals surface area contributed by atoms with E-state index in [9.17, 15) is 9.18 Å². The van der Waals surface area contributed by atoms with E-state index >= 15 is 0 Å². The molecule has 2 heterocycles. The maximum Gasteiger partial charge on any atom is 0.312 e. The number of aliphatic hydroxyl groups excluding tert-OH is 2. The van der Waals surface area contributed by atoms with E-state index in [-0.39, 0.29) is 17.1 Å². The van der Waals surface area contributed by atoms with Crippen LogP contribution in [0.2, 0.25) is 0 Å². The lowest BCUT2D eigenvalue weighted by Crippen LogP contribution is -2.33. The fourth-order valence-electron chi connectivity index (χ4n) is 2.40. The Morgan fingerprint density at radius 1 is 1.33 bits per heavy atom. The third-order valence-electron chi connectivity index (χ3n) is 3.81. The molecule has 0 aliphatic carbocycles. The molecule has 0 aliphatic rings. The SMILES string of the molecule is Cc1ccc(Nc2c(C(=O)NOC(CO)CO)oc3ccncc23)c(F)c1. The molecule has 4 N–H and O–H groups in total. The zero-order valence-corrected chi connectivity index (χ0v) is 14.4. The number of hydroxylamine groups is 1. The van der Waals surface area contributed by atoms with Crippen LogP contribution in [0.4, 0.5) is 15.8 Å². The topological polar surface area (TPSA) is 117 Å². The predicted octanol–water partition coefficient (Wildman–Crippen LogP) is 2.03. The Labute approximate surface area is 153 Å². The molecular weight excluding hydrogens is 357 g/mol. The van der Waals surface area contributed by atoms with Crippen molar-refractivity contribution in [2.45, 2.75) is 13.0 Å². The lowest BCUT2D eigenvalue weighted by atomic mass is 10.2. The second kappa shape index (κ2) is 8.12. The van der Waals surface area contributed by atoms with E-state index in [1.165, 1.54) is 18.5 Å². The molecule has 0 atom stereocenters. The molecule has 0 bridgehead atoms. The van der Waals surface area contributed by atoms with Gasteiger partial charge in [0, 0.05) is 12.4 Å². The number of fused-ring (bicyclic) bond motifs is 1. The second-order valence-electron chi connectivity index (χ2n) is 5.82. The number of carbonyl (C=O) groups is 1. The number of rotatable bonds is 7. The van der Waals surface area contributed by atoms with Gasteiger partial charge in [-0.25, -0.2) is 9.87 Å². The first-order chi connectivity index (χ1) is 13.0. The highest BCUT2D eigenvalue weighted by atomic mass is 19.1. The summed E-state index contributed by atoms with van der Waals surface area (Å²) in [4.78, 5) is 21.4. The van der Waals surface area contributed by atoms with Gasteiger partial charge in [-0.15, -0.1) is 0 Å². The molecule has 1 aromatic carbocycles. The fourth-order valence-corrected chi connectivity index (χ4v) is 2.40. The average Bonchev–Trinajstić information content (AvgIpc) is 3.03. The summed E-state index contributed by atoms with van der Waals surface area (Å²) < 4.78 is 19.8. The molecule has 0 aliphatic heterocycles. The van der Waals surface area contributed by atoms with Gasteiger partial charge in [-0.1, -0.05) is 6.07 Å². The van der Waals surface area contributed by atoms with Crippen molar-refractivity contribution in [1.82, 2.24) is 10.5 Å². The molecule has 0 radical (unpaired) electrons. The van der Waals surface area contributed by atoms with Gasteiger partial charge in [0.25, 0.3) is 0 Å². The molecule has 0 fully saturated rings. The van der Waals surface area contributed by atoms with Gasteiger partial charge in [-0.2, -0.15) is 0 Å². The van der Waals surface area contributed by atoms with Crippen molar-refractivity contribution in [3.8, 4) is 0 Å². The second-order valence-corrected chi connectivity index (χ2v) is 5.82. The molecular formula is C18H18FN3O5. The van der Waals surface area contributed by atoms with Gasteiger partial charge in [0.15, 0.2) is 0 Å². The van der Waals surface area contributed by atoms with Crippen LogP contribution >= 0.6 is 0 Å². The van der Waals surface area contributed by atoms with Crippen molar-refractivity contribution in [2.75, 3.05) is 18.5 Å². The molecule has 1 amide bonds. The fraction of sp³-hybridized carbons (Fsp3) is 0.222. The summed E-state index contributed by atoms with van der Waals surface area (Å²) in [5, 5.41) is 21.3. The third-order valence-corrected chi connectivity index (χ3v) is 3.81. The van der Waals surface area contributed by atoms with Crippen LogP contribution in [0.15, 0.2) is 41.1 Å². The number of benzene rings is 1. The van der Waals surface area contributed by atoms with Crippen LogP contribution < -0.4 is 10.8 Å². The number of pyridine rings is 1. The van der Waals surface area contributed by atoms with Crippen LogP contribution in [0.3, 0.4) is 0 Å². The van der Waals surface area contributed by atoms with Gasteiger partial charge in [0.2, 0.25) is 5.76 Å². The van der Waals surface area contributed by atoms with Crippen molar-refractivity contribution in [2.24, 2.45) is 0 Å². The number of furan rings is 1. The van der Waals surface area contributed by atoms with Crippen molar-refractivity contribution in [3.05, 3.63) is 53.8 Å². The van der Waals surface area contributed by atoms with Crippen molar-refractivity contribution in [3.63, 3.8) is 0 Å². The highest BCUT2D eigenvalue weighted by molar-refractivity contribution is 6.06. The summed E-state index contributed by atoms with van der Waals surface area (Å²) in [5.74, 6) is -1.42. The van der Waals surface area contributed by atoms with Crippen molar-refractivity contribution < 1.29 is 28.7 Å². The monoisotopic (exact) mass is 375 g/mol. The zero-order valence-electron chi connectivity index (χ0n) is 14.4. The number of hydrogen-bond acceptors (Lipinski definition) is 7.